The molecular formula is C34H41N5O5. The van der Waals surface area contributed by atoms with Crippen LogP contribution in [0.3, 0.4) is 0 Å². The van der Waals surface area contributed by atoms with Gasteiger partial charge in [-0.05, 0) is 103 Å². The molecule has 2 aliphatic rings. The number of aromatic nitrogens is 2. The fourth-order valence-corrected chi connectivity index (χ4v) is 5.35. The highest BCUT2D eigenvalue weighted by atomic mass is 16.6. The second kappa shape index (κ2) is 12.2. The third-order valence-corrected chi connectivity index (χ3v) is 7.41. The summed E-state index contributed by atoms with van der Waals surface area (Å²) in [5.74, 6) is 6.73. The molecule has 2 saturated heterocycles. The number of nitrogens with zero attached hydrogens (tertiary/aromatic N) is 3. The average Bonchev–Trinajstić information content (AvgIpc) is 3.70. The van der Waals surface area contributed by atoms with Crippen LogP contribution in [0.15, 0.2) is 42.5 Å². The number of nitrogens with one attached hydrogen (secondary N) is 2. The molecule has 0 radical (unpaired) electrons. The second-order valence-corrected chi connectivity index (χ2v) is 13.4. The standard InChI is InChI=1S/C34H41N5O5/c1-33(2,3)43-31(41)38-19-17-24(21-38)30(40)35-25-14-11-22(12-15-25)9-10-23-13-16-26-27(20-23)37-29(36-26)28-8-7-18-39(28)32(42)44-34(4,5)6/h11-16,20,24,28H,7-8,17-19,21H2,1-6H3,(H,35,40)(H,36,37)/t24?,28-/m0/s1. The first-order valence-electron chi connectivity index (χ1n) is 15.1. The van der Waals surface area contributed by atoms with Crippen molar-refractivity contribution in [3.05, 3.63) is 59.4 Å². The molecule has 1 aromatic heterocycles. The Balaban J connectivity index is 1.19. The number of fused-ring (bicyclic) bond motifs is 1. The summed E-state index contributed by atoms with van der Waals surface area (Å²) in [6.45, 7) is 12.6. The molecule has 0 bridgehead atoms. The van der Waals surface area contributed by atoms with Gasteiger partial charge in [-0.25, -0.2) is 14.6 Å². The number of ether oxygens (including phenoxy) is 2. The number of aromatic amines is 1. The first-order valence-corrected chi connectivity index (χ1v) is 15.1. The van der Waals surface area contributed by atoms with Crippen LogP contribution >= 0.6 is 0 Å². The van der Waals surface area contributed by atoms with Gasteiger partial charge in [-0.2, -0.15) is 0 Å². The predicted octanol–water partition coefficient (Wildman–Crippen LogP) is 6.23. The number of rotatable bonds is 3. The van der Waals surface area contributed by atoms with Crippen LogP contribution in [0.25, 0.3) is 11.0 Å². The molecule has 3 aromatic rings. The van der Waals surface area contributed by atoms with Crippen LogP contribution < -0.4 is 5.32 Å². The highest BCUT2D eigenvalue weighted by Gasteiger charge is 2.35. The topological polar surface area (TPSA) is 117 Å². The molecule has 3 amide bonds. The molecule has 0 aliphatic carbocycles. The molecule has 2 aliphatic heterocycles. The molecule has 2 N–H and O–H groups in total. The van der Waals surface area contributed by atoms with Gasteiger partial charge in [0.1, 0.15) is 17.0 Å². The van der Waals surface area contributed by atoms with Crippen LogP contribution in [-0.4, -0.2) is 68.7 Å². The largest absolute Gasteiger partial charge is 0.444 e. The van der Waals surface area contributed by atoms with Crippen LogP contribution in [0.5, 0.6) is 0 Å². The van der Waals surface area contributed by atoms with Crippen LogP contribution in [0.1, 0.15) is 83.8 Å². The van der Waals surface area contributed by atoms with E-state index in [1.807, 2.05) is 84.0 Å². The minimum absolute atomic E-state index is 0.117. The van der Waals surface area contributed by atoms with Crippen molar-refractivity contribution in [1.82, 2.24) is 19.8 Å². The Morgan fingerprint density at radius 3 is 2.25 bits per heavy atom. The molecule has 0 saturated carbocycles. The fraction of sp³-hybridized carbons (Fsp3) is 0.471. The van der Waals surface area contributed by atoms with Crippen molar-refractivity contribution in [3.63, 3.8) is 0 Å². The van der Waals surface area contributed by atoms with Gasteiger partial charge in [0.05, 0.1) is 23.0 Å². The van der Waals surface area contributed by atoms with Gasteiger partial charge in [0, 0.05) is 36.4 Å². The number of hydrogen-bond donors (Lipinski definition) is 2. The average molecular weight is 600 g/mol. The SMILES string of the molecule is CC(C)(C)OC(=O)N1CCC(C(=O)Nc2ccc(C#Cc3ccc4nc([C@@H]5CCCN5C(=O)OC(C)(C)C)[nH]c4c3)cc2)C1. The van der Waals surface area contributed by atoms with E-state index in [0.29, 0.717) is 31.7 Å². The molecule has 2 atom stereocenters. The molecule has 10 heteroatoms. The number of likely N-dealkylation sites (tertiary alicyclic amines) is 2. The van der Waals surface area contributed by atoms with Crippen molar-refractivity contribution in [2.45, 2.75) is 78.0 Å². The van der Waals surface area contributed by atoms with Crippen LogP contribution in [0, 0.1) is 17.8 Å². The Labute approximate surface area is 258 Å². The number of imidazole rings is 1. The first-order chi connectivity index (χ1) is 20.7. The zero-order valence-electron chi connectivity index (χ0n) is 26.3. The minimum Gasteiger partial charge on any atom is -0.444 e. The number of H-pyrrole nitrogens is 1. The number of anilines is 1. The zero-order chi connectivity index (χ0) is 31.6. The summed E-state index contributed by atoms with van der Waals surface area (Å²) in [6, 6.07) is 13.0. The summed E-state index contributed by atoms with van der Waals surface area (Å²) in [6.07, 6.45) is 1.61. The smallest absolute Gasteiger partial charge is 0.410 e. The Morgan fingerprint density at radius 1 is 0.886 bits per heavy atom. The molecule has 232 valence electrons. The third kappa shape index (κ3) is 7.70. The van der Waals surface area contributed by atoms with E-state index >= 15 is 0 Å². The highest BCUT2D eigenvalue weighted by Crippen LogP contribution is 2.33. The van der Waals surface area contributed by atoms with Gasteiger partial charge >= 0.3 is 12.2 Å². The van der Waals surface area contributed by atoms with Crippen molar-refractivity contribution in [2.24, 2.45) is 5.92 Å². The lowest BCUT2D eigenvalue weighted by molar-refractivity contribution is -0.119. The van der Waals surface area contributed by atoms with Gasteiger partial charge in [0.25, 0.3) is 0 Å². The van der Waals surface area contributed by atoms with E-state index in [1.165, 1.54) is 0 Å². The highest BCUT2D eigenvalue weighted by molar-refractivity contribution is 5.93. The Morgan fingerprint density at radius 2 is 1.55 bits per heavy atom. The Bertz CT molecular complexity index is 1600. The predicted molar refractivity (Wildman–Crippen MR) is 168 cm³/mol. The molecule has 44 heavy (non-hydrogen) atoms. The first kappa shape index (κ1) is 30.9. The maximum atomic E-state index is 12.8. The quantitative estimate of drug-likeness (QED) is 0.345. The fourth-order valence-electron chi connectivity index (χ4n) is 5.35. The molecule has 2 fully saturated rings. The third-order valence-electron chi connectivity index (χ3n) is 7.41. The van der Waals surface area contributed by atoms with Crippen molar-refractivity contribution >= 4 is 34.8 Å². The summed E-state index contributed by atoms with van der Waals surface area (Å²) in [5.41, 5.74) is 2.87. The summed E-state index contributed by atoms with van der Waals surface area (Å²) in [7, 11) is 0. The summed E-state index contributed by atoms with van der Waals surface area (Å²) < 4.78 is 11.0. The van der Waals surface area contributed by atoms with E-state index in [1.54, 1.807) is 9.80 Å². The molecule has 3 heterocycles. The summed E-state index contributed by atoms with van der Waals surface area (Å²) in [4.78, 5) is 49.4. The van der Waals surface area contributed by atoms with Gasteiger partial charge in [0.2, 0.25) is 5.91 Å². The van der Waals surface area contributed by atoms with Crippen molar-refractivity contribution < 1.29 is 23.9 Å². The lowest BCUT2D eigenvalue weighted by Gasteiger charge is -2.27. The van der Waals surface area contributed by atoms with Gasteiger partial charge in [-0.3, -0.25) is 9.69 Å². The Hall–Kier alpha value is -4.52. The van der Waals surface area contributed by atoms with E-state index in [2.05, 4.69) is 22.1 Å². The molecule has 2 aromatic carbocycles. The van der Waals surface area contributed by atoms with Gasteiger partial charge in [-0.15, -0.1) is 0 Å². The van der Waals surface area contributed by atoms with E-state index in [0.717, 1.165) is 40.8 Å². The maximum Gasteiger partial charge on any atom is 0.410 e. The summed E-state index contributed by atoms with van der Waals surface area (Å²) >= 11 is 0. The number of amides is 3. The molecule has 5 rings (SSSR count). The molecular weight excluding hydrogens is 558 g/mol. The lowest BCUT2D eigenvalue weighted by Crippen LogP contribution is -2.36. The van der Waals surface area contributed by atoms with E-state index in [4.69, 9.17) is 14.5 Å². The minimum atomic E-state index is -0.570. The molecule has 0 spiro atoms. The van der Waals surface area contributed by atoms with Crippen molar-refractivity contribution in [3.8, 4) is 11.8 Å². The van der Waals surface area contributed by atoms with Crippen LogP contribution in [-0.2, 0) is 14.3 Å². The summed E-state index contributed by atoms with van der Waals surface area (Å²) in [5, 5.41) is 2.95. The maximum absolute atomic E-state index is 12.8. The van der Waals surface area contributed by atoms with E-state index in [9.17, 15) is 14.4 Å². The van der Waals surface area contributed by atoms with Gasteiger partial charge in [0.15, 0.2) is 0 Å². The molecule has 10 nitrogen and oxygen atoms in total. The number of carbonyl (C=O) groups excluding carboxylic acids is 3. The van der Waals surface area contributed by atoms with Crippen LogP contribution in [0.4, 0.5) is 15.3 Å². The number of hydrogen-bond acceptors (Lipinski definition) is 6. The number of carbonyl (C=O) groups is 3. The van der Waals surface area contributed by atoms with Crippen molar-refractivity contribution in [2.75, 3.05) is 25.0 Å². The normalized spacial score (nSPS) is 18.6. The van der Waals surface area contributed by atoms with Crippen molar-refractivity contribution in [1.29, 1.82) is 0 Å². The van der Waals surface area contributed by atoms with E-state index in [-0.39, 0.29) is 30.1 Å². The molecule has 1 unspecified atom stereocenters. The zero-order valence-corrected chi connectivity index (χ0v) is 26.3. The second-order valence-electron chi connectivity index (χ2n) is 13.4. The number of benzene rings is 2. The monoisotopic (exact) mass is 599 g/mol. The Kier molecular flexibility index (Phi) is 8.60. The van der Waals surface area contributed by atoms with Crippen LogP contribution in [0.2, 0.25) is 0 Å². The van der Waals surface area contributed by atoms with Gasteiger partial charge < -0.3 is 24.7 Å². The lowest BCUT2D eigenvalue weighted by atomic mass is 10.1. The van der Waals surface area contributed by atoms with E-state index < -0.39 is 11.2 Å². The van der Waals surface area contributed by atoms with Gasteiger partial charge in [-0.1, -0.05) is 11.8 Å².